The minimum Gasteiger partial charge on any atom is -0.329 e. The minimum absolute atomic E-state index is 0.393. The van der Waals surface area contributed by atoms with Crippen LogP contribution in [-0.4, -0.2) is 14.5 Å². The zero-order valence-corrected chi connectivity index (χ0v) is 12.4. The molecule has 0 radical (unpaired) electrons. The van der Waals surface area contributed by atoms with Gasteiger partial charge in [0.05, 0.1) is 5.52 Å². The summed E-state index contributed by atoms with van der Waals surface area (Å²) in [5, 5.41) is 0. The lowest BCUT2D eigenvalue weighted by atomic mass is 10.0. The average Bonchev–Trinajstić information content (AvgIpc) is 2.78. The van der Waals surface area contributed by atoms with Gasteiger partial charge in [0.15, 0.2) is 10.4 Å². The third-order valence-corrected chi connectivity index (χ3v) is 4.02. The molecule has 1 N–H and O–H groups in total. The third-order valence-electron chi connectivity index (χ3n) is 3.70. The molecule has 1 aromatic carbocycles. The maximum atomic E-state index is 5.45. The first-order valence-corrected chi connectivity index (χ1v) is 7.16. The molecule has 0 aliphatic heterocycles. The number of rotatable bonds is 3. The maximum absolute atomic E-state index is 5.45. The van der Waals surface area contributed by atoms with Gasteiger partial charge in [-0.3, -0.25) is 0 Å². The SMILES string of the molecule is Cc1ccnc2c1[nH]c(=S)n2CC(C)c1ccccc1. The smallest absolute Gasteiger partial charge is 0.179 e. The normalized spacial score (nSPS) is 12.7. The molecule has 2 heterocycles. The van der Waals surface area contributed by atoms with Gasteiger partial charge in [-0.2, -0.15) is 0 Å². The molecule has 20 heavy (non-hydrogen) atoms. The number of nitrogens with one attached hydrogen (secondary N) is 1. The number of imidazole rings is 1. The van der Waals surface area contributed by atoms with Gasteiger partial charge in [0.1, 0.15) is 0 Å². The summed E-state index contributed by atoms with van der Waals surface area (Å²) >= 11 is 5.45. The van der Waals surface area contributed by atoms with E-state index in [1.807, 2.05) is 18.3 Å². The number of pyridine rings is 1. The zero-order chi connectivity index (χ0) is 14.1. The number of nitrogens with zero attached hydrogens (tertiary/aromatic N) is 2. The Morgan fingerprint density at radius 1 is 1.25 bits per heavy atom. The quantitative estimate of drug-likeness (QED) is 0.731. The number of aromatic amines is 1. The molecule has 102 valence electrons. The van der Waals surface area contributed by atoms with Crippen molar-refractivity contribution in [3.63, 3.8) is 0 Å². The molecule has 0 aliphatic carbocycles. The van der Waals surface area contributed by atoms with E-state index in [-0.39, 0.29) is 0 Å². The van der Waals surface area contributed by atoms with Crippen molar-refractivity contribution in [3.05, 3.63) is 58.5 Å². The van der Waals surface area contributed by atoms with E-state index in [2.05, 4.69) is 52.6 Å². The summed E-state index contributed by atoms with van der Waals surface area (Å²) in [6.45, 7) is 5.12. The van der Waals surface area contributed by atoms with Gasteiger partial charge in [-0.25, -0.2) is 4.98 Å². The predicted molar refractivity (Wildman–Crippen MR) is 84.5 cm³/mol. The summed E-state index contributed by atoms with van der Waals surface area (Å²) in [4.78, 5) is 7.74. The molecule has 1 unspecified atom stereocenters. The van der Waals surface area contributed by atoms with Gasteiger partial charge in [-0.05, 0) is 42.3 Å². The van der Waals surface area contributed by atoms with Crippen LogP contribution in [0.15, 0.2) is 42.6 Å². The number of hydrogen-bond donors (Lipinski definition) is 1. The lowest BCUT2D eigenvalue weighted by Gasteiger charge is -2.13. The molecular weight excluding hydrogens is 266 g/mol. The van der Waals surface area contributed by atoms with Crippen molar-refractivity contribution in [2.75, 3.05) is 0 Å². The van der Waals surface area contributed by atoms with Crippen LogP contribution in [0.4, 0.5) is 0 Å². The first-order chi connectivity index (χ1) is 9.66. The Morgan fingerprint density at radius 2 is 2.00 bits per heavy atom. The molecule has 4 heteroatoms. The van der Waals surface area contributed by atoms with Crippen LogP contribution in [0.5, 0.6) is 0 Å². The van der Waals surface area contributed by atoms with E-state index in [4.69, 9.17) is 12.2 Å². The summed E-state index contributed by atoms with van der Waals surface area (Å²) in [5.41, 5.74) is 4.47. The zero-order valence-electron chi connectivity index (χ0n) is 11.6. The monoisotopic (exact) mass is 283 g/mol. The van der Waals surface area contributed by atoms with Crippen molar-refractivity contribution < 1.29 is 0 Å². The molecule has 2 aromatic heterocycles. The number of benzene rings is 1. The van der Waals surface area contributed by atoms with Gasteiger partial charge in [-0.15, -0.1) is 0 Å². The summed E-state index contributed by atoms with van der Waals surface area (Å²) in [7, 11) is 0. The van der Waals surface area contributed by atoms with Crippen molar-refractivity contribution >= 4 is 23.4 Å². The van der Waals surface area contributed by atoms with E-state index in [0.29, 0.717) is 5.92 Å². The fourth-order valence-electron chi connectivity index (χ4n) is 2.50. The van der Waals surface area contributed by atoms with Crippen LogP contribution in [0.25, 0.3) is 11.2 Å². The topological polar surface area (TPSA) is 33.6 Å². The van der Waals surface area contributed by atoms with Crippen LogP contribution < -0.4 is 0 Å². The van der Waals surface area contributed by atoms with Gasteiger partial charge in [0, 0.05) is 12.7 Å². The Morgan fingerprint density at radius 3 is 2.75 bits per heavy atom. The Bertz CT molecular complexity index is 786. The van der Waals surface area contributed by atoms with Crippen molar-refractivity contribution in [1.29, 1.82) is 0 Å². The Kier molecular flexibility index (Phi) is 3.40. The van der Waals surface area contributed by atoms with Gasteiger partial charge in [0.25, 0.3) is 0 Å². The molecule has 3 nitrogen and oxygen atoms in total. The highest BCUT2D eigenvalue weighted by atomic mass is 32.1. The van der Waals surface area contributed by atoms with Crippen LogP contribution >= 0.6 is 12.2 Å². The van der Waals surface area contributed by atoms with Gasteiger partial charge in [0.2, 0.25) is 0 Å². The van der Waals surface area contributed by atoms with Gasteiger partial charge >= 0.3 is 0 Å². The molecule has 3 aromatic rings. The van der Waals surface area contributed by atoms with Crippen LogP contribution in [0, 0.1) is 11.7 Å². The van der Waals surface area contributed by atoms with E-state index in [9.17, 15) is 0 Å². The van der Waals surface area contributed by atoms with Crippen molar-refractivity contribution in [3.8, 4) is 0 Å². The number of aryl methyl sites for hydroxylation is 1. The fourth-order valence-corrected chi connectivity index (χ4v) is 2.77. The Hall–Kier alpha value is -1.94. The molecule has 0 amide bonds. The van der Waals surface area contributed by atoms with E-state index in [1.165, 1.54) is 11.1 Å². The van der Waals surface area contributed by atoms with Crippen LogP contribution in [-0.2, 0) is 6.54 Å². The fraction of sp³-hybridized carbons (Fsp3) is 0.250. The molecule has 0 bridgehead atoms. The number of hydrogen-bond acceptors (Lipinski definition) is 2. The first kappa shape index (κ1) is 13.1. The van der Waals surface area contributed by atoms with Crippen LogP contribution in [0.3, 0.4) is 0 Å². The molecule has 0 fully saturated rings. The highest BCUT2D eigenvalue weighted by Crippen LogP contribution is 2.21. The average molecular weight is 283 g/mol. The van der Waals surface area contributed by atoms with E-state index in [0.717, 1.165) is 22.5 Å². The summed E-state index contributed by atoms with van der Waals surface area (Å²) in [6.07, 6.45) is 1.84. The molecule has 3 rings (SSSR count). The van der Waals surface area contributed by atoms with Crippen molar-refractivity contribution in [2.24, 2.45) is 0 Å². The van der Waals surface area contributed by atoms with Gasteiger partial charge in [-0.1, -0.05) is 37.3 Å². The second-order valence-corrected chi connectivity index (χ2v) is 5.57. The summed E-state index contributed by atoms with van der Waals surface area (Å²) in [5.74, 6) is 0.393. The molecule has 0 saturated heterocycles. The minimum atomic E-state index is 0.393. The Labute approximate surface area is 123 Å². The first-order valence-electron chi connectivity index (χ1n) is 6.76. The van der Waals surface area contributed by atoms with Crippen LogP contribution in [0.1, 0.15) is 24.0 Å². The van der Waals surface area contributed by atoms with E-state index < -0.39 is 0 Å². The van der Waals surface area contributed by atoms with E-state index in [1.54, 1.807) is 0 Å². The highest BCUT2D eigenvalue weighted by molar-refractivity contribution is 7.71. The van der Waals surface area contributed by atoms with Crippen molar-refractivity contribution in [1.82, 2.24) is 14.5 Å². The highest BCUT2D eigenvalue weighted by Gasteiger charge is 2.12. The summed E-state index contributed by atoms with van der Waals surface area (Å²) < 4.78 is 2.83. The summed E-state index contributed by atoms with van der Waals surface area (Å²) in [6, 6.07) is 12.5. The Balaban J connectivity index is 2.01. The number of H-pyrrole nitrogens is 1. The lowest BCUT2D eigenvalue weighted by molar-refractivity contribution is 0.601. The second kappa shape index (κ2) is 5.21. The number of aromatic nitrogens is 3. The number of fused-ring (bicyclic) bond motifs is 1. The molecule has 0 spiro atoms. The lowest BCUT2D eigenvalue weighted by Crippen LogP contribution is -2.07. The maximum Gasteiger partial charge on any atom is 0.179 e. The van der Waals surface area contributed by atoms with Crippen LogP contribution in [0.2, 0.25) is 0 Å². The van der Waals surface area contributed by atoms with Gasteiger partial charge < -0.3 is 9.55 Å². The third kappa shape index (κ3) is 2.27. The van der Waals surface area contributed by atoms with E-state index >= 15 is 0 Å². The second-order valence-electron chi connectivity index (χ2n) is 5.18. The van der Waals surface area contributed by atoms with Crippen molar-refractivity contribution in [2.45, 2.75) is 26.3 Å². The standard InChI is InChI=1S/C16H17N3S/c1-11-8-9-17-15-14(11)18-16(20)19(15)10-12(2)13-6-4-3-5-7-13/h3-9,12H,10H2,1-2H3,(H,18,20). The molecule has 0 aliphatic rings. The molecule has 0 saturated carbocycles. The molecule has 1 atom stereocenters. The molecular formula is C16H17N3S. The predicted octanol–water partition coefficient (Wildman–Crippen LogP) is 4.21. The largest absolute Gasteiger partial charge is 0.329 e.